The molecule has 0 aromatic carbocycles. The predicted octanol–water partition coefficient (Wildman–Crippen LogP) is 5.39. The van der Waals surface area contributed by atoms with E-state index >= 15 is 0 Å². The summed E-state index contributed by atoms with van der Waals surface area (Å²) in [6.45, 7) is 7.72. The van der Waals surface area contributed by atoms with Gasteiger partial charge in [0, 0.05) is 17.9 Å². The Morgan fingerprint density at radius 2 is 1.96 bits per heavy atom. The van der Waals surface area contributed by atoms with E-state index in [9.17, 15) is 0 Å². The van der Waals surface area contributed by atoms with Gasteiger partial charge < -0.3 is 4.90 Å². The Morgan fingerprint density at radius 3 is 2.67 bits per heavy atom. The van der Waals surface area contributed by atoms with Crippen molar-refractivity contribution in [1.82, 2.24) is 4.90 Å². The van der Waals surface area contributed by atoms with Crippen LogP contribution < -0.4 is 0 Å². The predicted molar refractivity (Wildman–Crippen MR) is 105 cm³/mol. The molecule has 1 saturated carbocycles. The first-order chi connectivity index (χ1) is 11.4. The molecule has 3 aliphatic carbocycles. The van der Waals surface area contributed by atoms with Gasteiger partial charge in [0.2, 0.25) is 0 Å². The summed E-state index contributed by atoms with van der Waals surface area (Å²) in [5.41, 5.74) is 7.25. The molecule has 1 atom stereocenters. The molecule has 0 saturated heterocycles. The Labute approximate surface area is 147 Å². The fraction of sp³-hybridized carbons (Fsp3) is 0.391. The molecule has 24 heavy (non-hydrogen) atoms. The molecule has 1 heteroatoms. The van der Waals surface area contributed by atoms with Crippen LogP contribution in [0.1, 0.15) is 27.2 Å². The van der Waals surface area contributed by atoms with E-state index in [1.54, 1.807) is 0 Å². The molecule has 1 unspecified atom stereocenters. The monoisotopic (exact) mass is 319 g/mol. The zero-order valence-corrected chi connectivity index (χ0v) is 15.6. The molecular weight excluding hydrogens is 290 g/mol. The zero-order valence-electron chi connectivity index (χ0n) is 15.6. The Morgan fingerprint density at radius 1 is 1.17 bits per heavy atom. The first-order valence-electron chi connectivity index (χ1n) is 8.94. The standard InChI is InChI=1S/C23H29N/c1-6-17-18-10-7-8-11-19(18)20-12-9-14-23(2,3)16-22(20)21(17)13-15-24(4)5/h6-9,11-14,16,18H,10,15H2,1-5H3/b17-6-,21-13+. The molecule has 0 aromatic rings. The molecule has 0 heterocycles. The van der Waals surface area contributed by atoms with Gasteiger partial charge in [-0.2, -0.15) is 0 Å². The first-order valence-corrected chi connectivity index (χ1v) is 8.94. The van der Waals surface area contributed by atoms with Crippen molar-refractivity contribution in [2.75, 3.05) is 20.6 Å². The number of hydrogen-bond acceptors (Lipinski definition) is 1. The van der Waals surface area contributed by atoms with Gasteiger partial charge in [0.25, 0.3) is 0 Å². The lowest BCUT2D eigenvalue weighted by Crippen LogP contribution is -2.23. The molecular formula is C23H29N. The molecule has 3 aliphatic rings. The smallest absolute Gasteiger partial charge is 0.0166 e. The highest BCUT2D eigenvalue weighted by Crippen LogP contribution is 2.49. The second kappa shape index (κ2) is 6.57. The van der Waals surface area contributed by atoms with E-state index in [4.69, 9.17) is 0 Å². The van der Waals surface area contributed by atoms with E-state index in [0.717, 1.165) is 13.0 Å². The maximum absolute atomic E-state index is 2.45. The molecule has 1 fully saturated rings. The third kappa shape index (κ3) is 3.18. The quantitative estimate of drug-likeness (QED) is 0.660. The number of nitrogens with zero attached hydrogens (tertiary/aromatic N) is 1. The van der Waals surface area contributed by atoms with Crippen LogP contribution in [0.3, 0.4) is 0 Å². The van der Waals surface area contributed by atoms with Crippen molar-refractivity contribution >= 4 is 0 Å². The topological polar surface area (TPSA) is 3.24 Å². The van der Waals surface area contributed by atoms with Crippen molar-refractivity contribution in [3.8, 4) is 0 Å². The van der Waals surface area contributed by atoms with E-state index in [1.807, 2.05) is 0 Å². The summed E-state index contributed by atoms with van der Waals surface area (Å²) in [6, 6.07) is 0. The minimum atomic E-state index is 0.0710. The molecule has 126 valence electrons. The minimum absolute atomic E-state index is 0.0710. The van der Waals surface area contributed by atoms with Gasteiger partial charge in [-0.05, 0) is 55.3 Å². The molecule has 0 radical (unpaired) electrons. The second-order valence-corrected chi connectivity index (χ2v) is 7.78. The first kappa shape index (κ1) is 17.0. The Kier molecular flexibility index (Phi) is 4.64. The SMILES string of the molecule is C/C=C1\C(=C/CN(C)C)C2=CC(C)(C)C=CC=C2C2=CC=CCC21. The van der Waals surface area contributed by atoms with Crippen LogP contribution in [0.5, 0.6) is 0 Å². The largest absolute Gasteiger partial charge is 0.306 e. The van der Waals surface area contributed by atoms with Gasteiger partial charge >= 0.3 is 0 Å². The summed E-state index contributed by atoms with van der Waals surface area (Å²) in [4.78, 5) is 2.23. The van der Waals surface area contributed by atoms with Gasteiger partial charge in [0.05, 0.1) is 0 Å². The van der Waals surface area contributed by atoms with Crippen molar-refractivity contribution in [1.29, 1.82) is 0 Å². The van der Waals surface area contributed by atoms with Crippen LogP contribution in [-0.4, -0.2) is 25.5 Å². The lowest BCUT2D eigenvalue weighted by Gasteiger charge is -2.36. The summed E-state index contributed by atoms with van der Waals surface area (Å²) in [5, 5.41) is 0. The van der Waals surface area contributed by atoms with Crippen molar-refractivity contribution in [2.24, 2.45) is 11.3 Å². The highest BCUT2D eigenvalue weighted by Gasteiger charge is 2.34. The fourth-order valence-corrected chi connectivity index (χ4v) is 3.86. The van der Waals surface area contributed by atoms with Crippen molar-refractivity contribution in [2.45, 2.75) is 27.2 Å². The van der Waals surface area contributed by atoms with Gasteiger partial charge in [0.1, 0.15) is 0 Å². The highest BCUT2D eigenvalue weighted by atomic mass is 15.0. The molecule has 0 spiro atoms. The van der Waals surface area contributed by atoms with Gasteiger partial charge in [-0.1, -0.05) is 68.5 Å². The minimum Gasteiger partial charge on any atom is -0.306 e. The third-order valence-electron chi connectivity index (χ3n) is 5.01. The molecule has 0 bridgehead atoms. The maximum Gasteiger partial charge on any atom is 0.0166 e. The van der Waals surface area contributed by atoms with Crippen molar-refractivity contribution in [3.05, 3.63) is 82.5 Å². The average Bonchev–Trinajstić information content (AvgIpc) is 2.69. The van der Waals surface area contributed by atoms with Gasteiger partial charge in [-0.15, -0.1) is 0 Å². The number of rotatable bonds is 2. The normalized spacial score (nSPS) is 28.2. The molecule has 1 nitrogen and oxygen atoms in total. The fourth-order valence-electron chi connectivity index (χ4n) is 3.86. The van der Waals surface area contributed by atoms with Gasteiger partial charge in [0.15, 0.2) is 0 Å². The van der Waals surface area contributed by atoms with Crippen LogP contribution >= 0.6 is 0 Å². The van der Waals surface area contributed by atoms with Crippen LogP contribution in [0.25, 0.3) is 0 Å². The van der Waals surface area contributed by atoms with Crippen LogP contribution in [0.4, 0.5) is 0 Å². The van der Waals surface area contributed by atoms with Crippen molar-refractivity contribution in [3.63, 3.8) is 0 Å². The Balaban J connectivity index is 2.21. The van der Waals surface area contributed by atoms with Crippen LogP contribution in [0.15, 0.2) is 82.5 Å². The van der Waals surface area contributed by atoms with E-state index in [2.05, 4.69) is 94.5 Å². The lowest BCUT2D eigenvalue weighted by atomic mass is 9.67. The summed E-state index contributed by atoms with van der Waals surface area (Å²) in [7, 11) is 4.27. The van der Waals surface area contributed by atoms with E-state index in [-0.39, 0.29) is 5.41 Å². The number of likely N-dealkylation sites (N-methyl/N-ethyl adjacent to an activating group) is 1. The summed E-state index contributed by atoms with van der Waals surface area (Å²) in [6.07, 6.45) is 22.0. The summed E-state index contributed by atoms with van der Waals surface area (Å²) < 4.78 is 0. The highest BCUT2D eigenvalue weighted by molar-refractivity contribution is 5.71. The number of hydrogen-bond donors (Lipinski definition) is 0. The molecule has 0 aliphatic heterocycles. The van der Waals surface area contributed by atoms with Crippen molar-refractivity contribution < 1.29 is 0 Å². The third-order valence-corrected chi connectivity index (χ3v) is 5.01. The van der Waals surface area contributed by atoms with Crippen LogP contribution in [-0.2, 0) is 0 Å². The number of allylic oxidation sites excluding steroid dienone is 13. The van der Waals surface area contributed by atoms with Gasteiger partial charge in [-0.25, -0.2) is 0 Å². The lowest BCUT2D eigenvalue weighted by molar-refractivity contribution is 0.455. The van der Waals surface area contributed by atoms with E-state index in [0.29, 0.717) is 5.92 Å². The summed E-state index contributed by atoms with van der Waals surface area (Å²) >= 11 is 0. The zero-order chi connectivity index (χ0) is 17.3. The van der Waals surface area contributed by atoms with E-state index < -0.39 is 0 Å². The van der Waals surface area contributed by atoms with Crippen LogP contribution in [0, 0.1) is 11.3 Å². The molecule has 0 amide bonds. The summed E-state index contributed by atoms with van der Waals surface area (Å²) in [5.74, 6) is 0.492. The molecule has 0 N–H and O–H groups in total. The Hall–Kier alpha value is -1.86. The average molecular weight is 319 g/mol. The van der Waals surface area contributed by atoms with E-state index in [1.165, 1.54) is 27.9 Å². The number of fused-ring (bicyclic) bond motifs is 3. The Bertz CT molecular complexity index is 730. The molecule has 0 aromatic heterocycles. The second-order valence-electron chi connectivity index (χ2n) is 7.78. The molecule has 3 rings (SSSR count). The van der Waals surface area contributed by atoms with Crippen LogP contribution in [0.2, 0.25) is 0 Å². The van der Waals surface area contributed by atoms with Gasteiger partial charge in [-0.3, -0.25) is 0 Å². The maximum atomic E-state index is 2.45.